The van der Waals surface area contributed by atoms with Crippen molar-refractivity contribution < 1.29 is 27.4 Å². The fourth-order valence-corrected chi connectivity index (χ4v) is 10.8. The van der Waals surface area contributed by atoms with Crippen LogP contribution in [-0.2, 0) is 21.8 Å². The highest BCUT2D eigenvalue weighted by Crippen LogP contribution is 2.65. The Labute approximate surface area is 392 Å². The number of carbonyl (C=O) groups is 1. The van der Waals surface area contributed by atoms with Crippen molar-refractivity contribution in [1.29, 1.82) is 5.26 Å². The summed E-state index contributed by atoms with van der Waals surface area (Å²) in [5, 5.41) is 10.2. The van der Waals surface area contributed by atoms with Crippen molar-refractivity contribution in [3.8, 4) is 34.4 Å². The Hall–Kier alpha value is -6.68. The predicted molar refractivity (Wildman–Crippen MR) is 256 cm³/mol. The number of anilines is 2. The highest BCUT2D eigenvalue weighted by atomic mass is 35.5. The molecule has 19 heteroatoms. The minimum atomic E-state index is -3.60. The lowest BCUT2D eigenvalue weighted by Gasteiger charge is -2.63. The first-order valence-corrected chi connectivity index (χ1v) is 23.9. The van der Waals surface area contributed by atoms with E-state index in [-0.39, 0.29) is 53.8 Å². The first-order chi connectivity index (χ1) is 31.8. The van der Waals surface area contributed by atoms with Gasteiger partial charge in [-0.3, -0.25) is 23.7 Å². The van der Waals surface area contributed by atoms with Crippen molar-refractivity contribution in [2.45, 2.75) is 65.6 Å². The quantitative estimate of drug-likeness (QED) is 0.0935. The number of hydrogen-bond donors (Lipinski definition) is 3. The first kappa shape index (κ1) is 46.8. The maximum Gasteiger partial charge on any atom is 0.274 e. The molecule has 2 aromatic carbocycles. The van der Waals surface area contributed by atoms with Gasteiger partial charge in [0.1, 0.15) is 35.8 Å². The molecule has 4 aromatic heterocycles. The van der Waals surface area contributed by atoms with Gasteiger partial charge in [0.05, 0.1) is 46.0 Å². The van der Waals surface area contributed by atoms with Gasteiger partial charge in [0, 0.05) is 96.0 Å². The summed E-state index contributed by atoms with van der Waals surface area (Å²) in [6, 6.07) is 16.8. The second kappa shape index (κ2) is 18.2. The molecule has 1 saturated carbocycles. The number of aryl methyl sites for hydroxylation is 1. The van der Waals surface area contributed by atoms with E-state index in [2.05, 4.69) is 53.4 Å². The minimum Gasteiger partial charge on any atom is -0.491 e. The molecule has 6 aromatic rings. The second-order valence-corrected chi connectivity index (χ2v) is 20.5. The lowest BCUT2D eigenvalue weighted by molar-refractivity contribution is -0.161. The number of sulfonamides is 1. The van der Waals surface area contributed by atoms with Crippen molar-refractivity contribution in [2.24, 2.45) is 23.6 Å². The van der Waals surface area contributed by atoms with E-state index in [4.69, 9.17) is 36.5 Å². The fourth-order valence-electron chi connectivity index (χ4n) is 9.98. The van der Waals surface area contributed by atoms with E-state index >= 15 is 0 Å². The Bertz CT molecular complexity index is 3150. The maximum absolute atomic E-state index is 13.7. The number of carbonyl (C=O) groups excluding carboxylic acids is 1. The van der Waals surface area contributed by atoms with Crippen molar-refractivity contribution in [3.05, 3.63) is 122 Å². The summed E-state index contributed by atoms with van der Waals surface area (Å²) >= 11 is 6.31. The Kier molecular flexibility index (Phi) is 12.7. The third kappa shape index (κ3) is 9.10. The lowest BCUT2D eigenvalue weighted by Crippen LogP contribution is -2.64. The number of nitrogens with one attached hydrogen (secondary N) is 2. The van der Waals surface area contributed by atoms with Crippen LogP contribution in [-0.4, -0.2) is 82.7 Å². The largest absolute Gasteiger partial charge is 0.491 e. The molecule has 1 aliphatic carbocycles. The van der Waals surface area contributed by atoms with Crippen LogP contribution in [0.25, 0.3) is 27.7 Å². The summed E-state index contributed by atoms with van der Waals surface area (Å²) in [7, 11) is -1.98. The Morgan fingerprint density at radius 1 is 1.01 bits per heavy atom. The summed E-state index contributed by atoms with van der Waals surface area (Å²) in [6.45, 7) is 11.5. The molecule has 0 radical (unpaired) electrons. The summed E-state index contributed by atoms with van der Waals surface area (Å²) in [4.78, 5) is 53.9. The van der Waals surface area contributed by atoms with E-state index in [0.29, 0.717) is 93.1 Å². The molecule has 0 atom stereocenters. The fraction of sp³-hybridized carbons (Fsp3) is 0.375. The highest BCUT2D eigenvalue weighted by molar-refractivity contribution is 7.92. The predicted octanol–water partition coefficient (Wildman–Crippen LogP) is 6.52. The average molecular weight is 951 g/mol. The molecule has 1 saturated heterocycles. The molecule has 0 spiro atoms. The number of aromatic nitrogens is 5. The SMILES string of the molecule is CCS(=O)(=O)Nc1ccc(-n2ccc(OCCOC3CCN(c4ncc(C(N)=O)c(C5C(C)(C)C(Oc6ccc(C#N)c(Cl)c6)C5(C)C)n4)CC3)cc2=O)c(-c2cn(C)c(=O)c3[nH]ccc23)c1. The van der Waals surface area contributed by atoms with Crippen molar-refractivity contribution >= 4 is 50.1 Å². The molecule has 67 heavy (non-hydrogen) atoms. The average Bonchev–Trinajstić information content (AvgIpc) is 3.79. The number of halogens is 1. The zero-order chi connectivity index (χ0) is 48.0. The molecule has 0 unspecified atom stereocenters. The molecule has 4 N–H and O–H groups in total. The van der Waals surface area contributed by atoms with Crippen molar-refractivity contribution in [2.75, 3.05) is 41.7 Å². The van der Waals surface area contributed by atoms with Crippen LogP contribution in [0.15, 0.2) is 89.0 Å². The number of benzene rings is 2. The highest BCUT2D eigenvalue weighted by Gasteiger charge is 2.65. The monoisotopic (exact) mass is 949 g/mol. The van der Waals surface area contributed by atoms with Gasteiger partial charge in [-0.2, -0.15) is 5.26 Å². The third-order valence-electron chi connectivity index (χ3n) is 12.9. The van der Waals surface area contributed by atoms with Crippen LogP contribution in [0.1, 0.15) is 75.0 Å². The van der Waals surface area contributed by atoms with Crippen molar-refractivity contribution in [3.63, 3.8) is 0 Å². The van der Waals surface area contributed by atoms with Crippen LogP contribution in [0.5, 0.6) is 11.5 Å². The van der Waals surface area contributed by atoms with Gasteiger partial charge in [-0.15, -0.1) is 0 Å². The number of piperidine rings is 1. The summed E-state index contributed by atoms with van der Waals surface area (Å²) < 4.78 is 49.1. The third-order valence-corrected chi connectivity index (χ3v) is 14.5. The number of aromatic amines is 1. The topological polar surface area (TPSA) is 230 Å². The Morgan fingerprint density at radius 3 is 2.43 bits per heavy atom. The molecule has 1 aliphatic heterocycles. The molecule has 5 heterocycles. The summed E-state index contributed by atoms with van der Waals surface area (Å²) in [6.07, 6.45) is 7.49. The van der Waals surface area contributed by atoms with Gasteiger partial charge in [-0.25, -0.2) is 18.4 Å². The van der Waals surface area contributed by atoms with Gasteiger partial charge in [-0.1, -0.05) is 39.3 Å². The Balaban J connectivity index is 0.902. The van der Waals surface area contributed by atoms with E-state index in [9.17, 15) is 28.1 Å². The van der Waals surface area contributed by atoms with Crippen molar-refractivity contribution in [1.82, 2.24) is 24.1 Å². The van der Waals surface area contributed by atoms with Crippen LogP contribution >= 0.6 is 11.6 Å². The molecule has 8 rings (SSSR count). The standard InChI is InChI=1S/C48H52ClN9O8S/c1-7-67(62,63)55-29-9-11-38(34(22-29)36-27-56(6)44(61)41-33(36)12-16-52-41)58-19-15-31(24-39(58)59)65-21-20-64-30-13-17-57(18-14-30)46-53-26-35(43(51)60)40(54-46)42-47(2,3)45(48(42,4)5)66-32-10-8-28(25-50)37(49)23-32/h8-12,15-16,19,22-24,26-27,30,42,45,52,55H,7,13-14,17-18,20-21H2,1-6H3,(H2,51,60). The maximum atomic E-state index is 13.7. The van der Waals surface area contributed by atoms with Gasteiger partial charge < -0.3 is 34.4 Å². The van der Waals surface area contributed by atoms with Crippen LogP contribution in [0.2, 0.25) is 5.02 Å². The zero-order valence-electron chi connectivity index (χ0n) is 38.0. The van der Waals surface area contributed by atoms with E-state index in [1.807, 2.05) is 0 Å². The molecule has 17 nitrogen and oxygen atoms in total. The van der Waals surface area contributed by atoms with Crippen LogP contribution < -0.4 is 35.9 Å². The number of nitriles is 1. The van der Waals surface area contributed by atoms with E-state index in [1.54, 1.807) is 74.2 Å². The first-order valence-electron chi connectivity index (χ1n) is 21.9. The van der Waals surface area contributed by atoms with E-state index in [0.717, 1.165) is 0 Å². The zero-order valence-corrected chi connectivity index (χ0v) is 39.6. The van der Waals surface area contributed by atoms with E-state index in [1.165, 1.54) is 28.3 Å². The Morgan fingerprint density at radius 2 is 1.76 bits per heavy atom. The number of nitrogens with two attached hydrogens (primary N) is 1. The summed E-state index contributed by atoms with van der Waals surface area (Å²) in [5.41, 5.74) is 7.83. The number of nitrogens with zero attached hydrogens (tertiary/aromatic N) is 6. The van der Waals surface area contributed by atoms with E-state index < -0.39 is 26.8 Å². The number of pyridine rings is 2. The van der Waals surface area contributed by atoms with Gasteiger partial charge in [0.2, 0.25) is 16.0 Å². The molecule has 2 fully saturated rings. The molecular formula is C48H52ClN9O8S. The number of amides is 1. The van der Waals surface area contributed by atoms with Gasteiger partial charge in [0.25, 0.3) is 17.0 Å². The number of ether oxygens (including phenoxy) is 3. The summed E-state index contributed by atoms with van der Waals surface area (Å²) in [5.74, 6) is 0.461. The van der Waals surface area contributed by atoms with Crippen LogP contribution in [0, 0.1) is 22.2 Å². The smallest absolute Gasteiger partial charge is 0.274 e. The minimum absolute atomic E-state index is 0.0532. The normalized spacial score (nSPS) is 18.0. The molecular weight excluding hydrogens is 898 g/mol. The lowest BCUT2D eigenvalue weighted by atomic mass is 9.44. The number of primary amides is 1. The molecule has 2 aliphatic rings. The number of rotatable bonds is 15. The van der Waals surface area contributed by atoms with Gasteiger partial charge >= 0.3 is 0 Å². The number of H-pyrrole nitrogens is 1. The van der Waals surface area contributed by atoms with Crippen LogP contribution in [0.4, 0.5) is 11.6 Å². The number of hydrogen-bond acceptors (Lipinski definition) is 12. The molecule has 1 amide bonds. The second-order valence-electron chi connectivity index (χ2n) is 18.1. The van der Waals surface area contributed by atoms with Gasteiger partial charge in [0.15, 0.2) is 0 Å². The molecule has 350 valence electrons. The number of fused-ring (bicyclic) bond motifs is 1. The van der Waals surface area contributed by atoms with Crippen LogP contribution in [0.3, 0.4) is 0 Å². The van der Waals surface area contributed by atoms with Gasteiger partial charge in [-0.05, 0) is 62.2 Å². The molecule has 0 bridgehead atoms.